The minimum absolute atomic E-state index is 0.242. The molecule has 0 aliphatic rings. The first kappa shape index (κ1) is 21.1. The summed E-state index contributed by atoms with van der Waals surface area (Å²) in [7, 11) is 0. The summed E-state index contributed by atoms with van der Waals surface area (Å²) in [6.07, 6.45) is 1.57. The molecule has 10 heteroatoms. The number of carbonyl (C=O) groups excluding carboxylic acids is 1. The Kier molecular flexibility index (Phi) is 5.55. The lowest BCUT2D eigenvalue weighted by Gasteiger charge is -2.36. The maximum absolute atomic E-state index is 12.9. The van der Waals surface area contributed by atoms with Gasteiger partial charge in [0, 0.05) is 46.9 Å². The number of hydrogen-bond donors (Lipinski definition) is 3. The SMILES string of the molecule is CC(C)[C@@](NCC(F)(F)F)(C(N)=O)c1cncc(-c2c[nH]c3ncc(Cl)cc23)c1. The number of fused-ring (bicyclic) bond motifs is 1. The lowest BCUT2D eigenvalue weighted by atomic mass is 9.79. The van der Waals surface area contributed by atoms with E-state index in [4.69, 9.17) is 17.3 Å². The standard InChI is InChI=1S/C19H19ClF3N5O/c1-10(2)19(17(24)29,28-9-18(21,22)23)12-3-11(5-25-6-12)15-8-27-16-14(15)4-13(20)7-26-16/h3-8,10,28H,9H2,1-2H3,(H2,24,29)(H,26,27)/t19-/m0/s1. The van der Waals surface area contributed by atoms with Crippen molar-refractivity contribution in [2.75, 3.05) is 6.54 Å². The van der Waals surface area contributed by atoms with Gasteiger partial charge in [0.1, 0.15) is 11.2 Å². The Morgan fingerprint density at radius 2 is 2.00 bits per heavy atom. The molecule has 0 saturated heterocycles. The molecule has 0 aliphatic carbocycles. The second-order valence-corrected chi connectivity index (χ2v) is 7.45. The van der Waals surface area contributed by atoms with Gasteiger partial charge in [-0.05, 0) is 18.1 Å². The highest BCUT2D eigenvalue weighted by molar-refractivity contribution is 6.31. The van der Waals surface area contributed by atoms with Crippen LogP contribution in [0.15, 0.2) is 36.9 Å². The number of alkyl halides is 3. The normalized spacial score (nSPS) is 14.3. The first-order valence-corrected chi connectivity index (χ1v) is 9.12. The molecule has 0 fully saturated rings. The zero-order chi connectivity index (χ0) is 21.4. The molecule has 0 aliphatic heterocycles. The molecule has 0 aromatic carbocycles. The van der Waals surface area contributed by atoms with E-state index < -0.39 is 30.1 Å². The lowest BCUT2D eigenvalue weighted by Crippen LogP contribution is -2.58. The Morgan fingerprint density at radius 1 is 1.28 bits per heavy atom. The van der Waals surface area contributed by atoms with Crippen LogP contribution in [-0.2, 0) is 10.3 Å². The molecule has 154 valence electrons. The van der Waals surface area contributed by atoms with E-state index in [2.05, 4.69) is 20.3 Å². The van der Waals surface area contributed by atoms with Gasteiger partial charge in [0.15, 0.2) is 0 Å². The Balaban J connectivity index is 2.13. The van der Waals surface area contributed by atoms with Gasteiger partial charge in [-0.2, -0.15) is 13.2 Å². The molecule has 4 N–H and O–H groups in total. The first-order chi connectivity index (χ1) is 13.5. The molecule has 0 bridgehead atoms. The maximum Gasteiger partial charge on any atom is 0.401 e. The number of H-pyrrole nitrogens is 1. The van der Waals surface area contributed by atoms with Crippen molar-refractivity contribution >= 4 is 28.5 Å². The van der Waals surface area contributed by atoms with Crippen molar-refractivity contribution in [3.63, 3.8) is 0 Å². The number of primary amides is 1. The smallest absolute Gasteiger partial charge is 0.368 e. The maximum atomic E-state index is 12.9. The zero-order valence-corrected chi connectivity index (χ0v) is 16.4. The molecule has 3 heterocycles. The summed E-state index contributed by atoms with van der Waals surface area (Å²) in [5, 5.41) is 3.48. The first-order valence-electron chi connectivity index (χ1n) is 8.75. The van der Waals surface area contributed by atoms with Crippen LogP contribution in [0, 0.1) is 5.92 Å². The van der Waals surface area contributed by atoms with Crippen molar-refractivity contribution in [1.29, 1.82) is 0 Å². The predicted molar refractivity (Wildman–Crippen MR) is 104 cm³/mol. The van der Waals surface area contributed by atoms with Crippen LogP contribution in [0.5, 0.6) is 0 Å². The van der Waals surface area contributed by atoms with Gasteiger partial charge in [-0.3, -0.25) is 15.1 Å². The summed E-state index contributed by atoms with van der Waals surface area (Å²) in [6, 6.07) is 3.32. The van der Waals surface area contributed by atoms with Crippen LogP contribution in [-0.4, -0.2) is 33.6 Å². The Hall–Kier alpha value is -2.65. The number of amides is 1. The number of nitrogens with one attached hydrogen (secondary N) is 2. The number of carbonyl (C=O) groups is 1. The van der Waals surface area contributed by atoms with E-state index >= 15 is 0 Å². The molecule has 0 unspecified atom stereocenters. The largest absolute Gasteiger partial charge is 0.401 e. The van der Waals surface area contributed by atoms with E-state index in [0.29, 0.717) is 27.2 Å². The molecule has 1 amide bonds. The monoisotopic (exact) mass is 425 g/mol. The number of halogens is 4. The van der Waals surface area contributed by atoms with Gasteiger partial charge >= 0.3 is 6.18 Å². The fraction of sp³-hybridized carbons (Fsp3) is 0.316. The second-order valence-electron chi connectivity index (χ2n) is 7.01. The number of pyridine rings is 2. The number of nitrogens with zero attached hydrogens (tertiary/aromatic N) is 2. The summed E-state index contributed by atoms with van der Waals surface area (Å²) >= 11 is 6.04. The zero-order valence-electron chi connectivity index (χ0n) is 15.6. The summed E-state index contributed by atoms with van der Waals surface area (Å²) in [5.74, 6) is -1.49. The average Bonchev–Trinajstić information content (AvgIpc) is 3.04. The third-order valence-electron chi connectivity index (χ3n) is 4.82. The fourth-order valence-corrected chi connectivity index (χ4v) is 3.57. The van der Waals surface area contributed by atoms with Crippen molar-refractivity contribution < 1.29 is 18.0 Å². The highest BCUT2D eigenvalue weighted by Crippen LogP contribution is 2.35. The van der Waals surface area contributed by atoms with Crippen LogP contribution in [0.4, 0.5) is 13.2 Å². The summed E-state index contributed by atoms with van der Waals surface area (Å²) in [6.45, 7) is 1.87. The van der Waals surface area contributed by atoms with E-state index in [1.807, 2.05) is 0 Å². The van der Waals surface area contributed by atoms with Crippen LogP contribution < -0.4 is 11.1 Å². The molecule has 6 nitrogen and oxygen atoms in total. The van der Waals surface area contributed by atoms with Gasteiger partial charge in [0.05, 0.1) is 11.6 Å². The highest BCUT2D eigenvalue weighted by atomic mass is 35.5. The minimum Gasteiger partial charge on any atom is -0.368 e. The van der Waals surface area contributed by atoms with E-state index in [1.54, 1.807) is 38.4 Å². The molecule has 3 rings (SSSR count). The van der Waals surface area contributed by atoms with Gasteiger partial charge in [0.2, 0.25) is 5.91 Å². The second kappa shape index (κ2) is 7.64. The number of aromatic amines is 1. The Labute approximate surface area is 169 Å². The van der Waals surface area contributed by atoms with E-state index in [9.17, 15) is 18.0 Å². The number of hydrogen-bond acceptors (Lipinski definition) is 4. The van der Waals surface area contributed by atoms with Crippen molar-refractivity contribution in [3.8, 4) is 11.1 Å². The Morgan fingerprint density at radius 3 is 2.62 bits per heavy atom. The van der Waals surface area contributed by atoms with Crippen LogP contribution in [0.25, 0.3) is 22.2 Å². The third kappa shape index (κ3) is 4.06. The minimum atomic E-state index is -4.51. The Bertz CT molecular complexity index is 1050. The van der Waals surface area contributed by atoms with Gasteiger partial charge in [-0.25, -0.2) is 4.98 Å². The molecule has 3 aromatic heterocycles. The van der Waals surface area contributed by atoms with Crippen molar-refractivity contribution in [1.82, 2.24) is 20.3 Å². The molecule has 0 radical (unpaired) electrons. The predicted octanol–water partition coefficient (Wildman–Crippen LogP) is 3.77. The fourth-order valence-electron chi connectivity index (χ4n) is 3.41. The van der Waals surface area contributed by atoms with Crippen LogP contribution in [0.3, 0.4) is 0 Å². The van der Waals surface area contributed by atoms with Gasteiger partial charge in [-0.15, -0.1) is 0 Å². The molecular weight excluding hydrogens is 407 g/mol. The summed E-state index contributed by atoms with van der Waals surface area (Å²) < 4.78 is 38.7. The molecule has 3 aromatic rings. The van der Waals surface area contributed by atoms with Crippen molar-refractivity contribution in [3.05, 3.63) is 47.5 Å². The summed E-state index contributed by atoms with van der Waals surface area (Å²) in [4.78, 5) is 23.7. The number of aromatic nitrogens is 3. The highest BCUT2D eigenvalue weighted by Gasteiger charge is 2.44. The molecular formula is C19H19ClF3N5O. The lowest BCUT2D eigenvalue weighted by molar-refractivity contribution is -0.139. The average molecular weight is 426 g/mol. The molecule has 29 heavy (non-hydrogen) atoms. The van der Waals surface area contributed by atoms with E-state index in [0.717, 1.165) is 0 Å². The van der Waals surface area contributed by atoms with E-state index in [-0.39, 0.29) is 5.56 Å². The van der Waals surface area contributed by atoms with Gasteiger partial charge in [0.25, 0.3) is 0 Å². The number of rotatable bonds is 6. The van der Waals surface area contributed by atoms with Crippen molar-refractivity contribution in [2.24, 2.45) is 11.7 Å². The quantitative estimate of drug-likeness (QED) is 0.560. The van der Waals surface area contributed by atoms with E-state index in [1.165, 1.54) is 12.4 Å². The number of nitrogens with two attached hydrogens (primary N) is 1. The van der Waals surface area contributed by atoms with Crippen molar-refractivity contribution in [2.45, 2.75) is 25.6 Å². The van der Waals surface area contributed by atoms with Crippen LogP contribution in [0.2, 0.25) is 5.02 Å². The van der Waals surface area contributed by atoms with Gasteiger partial charge < -0.3 is 10.7 Å². The topological polar surface area (TPSA) is 96.7 Å². The molecule has 1 atom stereocenters. The van der Waals surface area contributed by atoms with Crippen LogP contribution in [0.1, 0.15) is 19.4 Å². The molecule has 0 spiro atoms. The summed E-state index contributed by atoms with van der Waals surface area (Å²) in [5.41, 5.74) is 5.95. The van der Waals surface area contributed by atoms with Crippen LogP contribution >= 0.6 is 11.6 Å². The molecule has 0 saturated carbocycles. The third-order valence-corrected chi connectivity index (χ3v) is 5.03. The van der Waals surface area contributed by atoms with Gasteiger partial charge in [-0.1, -0.05) is 25.4 Å².